The second-order valence-corrected chi connectivity index (χ2v) is 15.0. The molecule has 0 heterocycles. The number of carbonyl (C=O) groups excluding carboxylic acids is 3. The molecule has 0 spiro atoms. The predicted molar refractivity (Wildman–Crippen MR) is 153 cm³/mol. The lowest BCUT2D eigenvalue weighted by molar-refractivity contribution is -0.342. The summed E-state index contributed by atoms with van der Waals surface area (Å²) in [5.41, 5.74) is -6.63. The van der Waals surface area contributed by atoms with Crippen molar-refractivity contribution in [2.75, 3.05) is 0 Å². The maximum absolute atomic E-state index is 14.3. The average molecular weight is 899 g/mol. The van der Waals surface area contributed by atoms with Gasteiger partial charge in [-0.05, 0) is 0 Å². The highest BCUT2D eigenvalue weighted by molar-refractivity contribution is 5.98. The monoisotopic (exact) mass is 898 g/mol. The Hall–Kier alpha value is -3.84. The van der Waals surface area contributed by atoms with E-state index in [9.17, 15) is 107 Å². The molecule has 0 aliphatic rings. The van der Waals surface area contributed by atoms with Crippen molar-refractivity contribution in [1.29, 1.82) is 0 Å². The molecule has 0 aromatic rings. The third-order valence-corrected chi connectivity index (χ3v) is 6.85. The van der Waals surface area contributed by atoms with Crippen LogP contribution >= 0.6 is 0 Å². The molecular weight excluding hydrogens is 867 g/mol. The van der Waals surface area contributed by atoms with E-state index in [2.05, 4.69) is 0 Å². The first-order chi connectivity index (χ1) is 24.9. The fourth-order valence-corrected chi connectivity index (χ4v) is 3.29. The number of hydrogen-bond acceptors (Lipinski definition) is 6. The smallest absolute Gasteiger partial charge is 0.427 e. The SMILES string of the molecule is CC(C)(C)/C(=C/C(=O)C(F)(F)C(F)(F)C(F)(F)F)OC(O/C(=C\C(=O)C(F)(F)C(F)(F)C(F)(F)F)C(C)(C)C)O/C(=C\C(=O)C(F)(F)C(F)(F)C(F)(F)F)C(C)(C)C. The molecule has 0 fully saturated rings. The van der Waals surface area contributed by atoms with Crippen molar-refractivity contribution in [3.8, 4) is 0 Å². The number of alkyl halides is 21. The third-order valence-electron chi connectivity index (χ3n) is 6.85. The Morgan fingerprint density at radius 3 is 0.621 bits per heavy atom. The van der Waals surface area contributed by atoms with Crippen LogP contribution in [0.1, 0.15) is 62.3 Å². The molecule has 0 radical (unpaired) electrons. The van der Waals surface area contributed by atoms with Gasteiger partial charge in [-0.3, -0.25) is 14.4 Å². The highest BCUT2D eigenvalue weighted by atomic mass is 19.4. The van der Waals surface area contributed by atoms with Gasteiger partial charge < -0.3 is 14.2 Å². The van der Waals surface area contributed by atoms with Crippen molar-refractivity contribution < 1.29 is 121 Å². The number of ketones is 3. The van der Waals surface area contributed by atoms with Crippen molar-refractivity contribution in [2.24, 2.45) is 16.2 Å². The van der Waals surface area contributed by atoms with Gasteiger partial charge in [0.25, 0.3) is 0 Å². The van der Waals surface area contributed by atoms with Crippen LogP contribution < -0.4 is 0 Å². The minimum absolute atomic E-state index is 0.747. The third kappa shape index (κ3) is 11.2. The van der Waals surface area contributed by atoms with Crippen LogP contribution in [0.15, 0.2) is 35.5 Å². The average Bonchev–Trinajstić information content (AvgIpc) is 2.95. The minimum Gasteiger partial charge on any atom is -0.427 e. The first-order valence-electron chi connectivity index (χ1n) is 15.1. The molecule has 0 saturated heterocycles. The van der Waals surface area contributed by atoms with Crippen LogP contribution in [0.2, 0.25) is 0 Å². The van der Waals surface area contributed by atoms with Gasteiger partial charge in [0.15, 0.2) is 0 Å². The molecule has 0 atom stereocenters. The summed E-state index contributed by atoms with van der Waals surface area (Å²) >= 11 is 0. The highest BCUT2D eigenvalue weighted by Gasteiger charge is 2.77. The van der Waals surface area contributed by atoms with Crippen molar-refractivity contribution in [3.05, 3.63) is 35.5 Å². The molecular formula is C31H31F21O6. The van der Waals surface area contributed by atoms with Crippen LogP contribution in [0.4, 0.5) is 92.2 Å². The Kier molecular flexibility index (Phi) is 14.9. The van der Waals surface area contributed by atoms with Gasteiger partial charge in [0.05, 0.1) is 0 Å². The Morgan fingerprint density at radius 2 is 0.500 bits per heavy atom. The first-order valence-corrected chi connectivity index (χ1v) is 15.1. The molecule has 0 rings (SSSR count). The van der Waals surface area contributed by atoms with Crippen molar-refractivity contribution >= 4 is 17.3 Å². The van der Waals surface area contributed by atoms with Gasteiger partial charge in [-0.15, -0.1) is 0 Å². The van der Waals surface area contributed by atoms with Gasteiger partial charge in [-0.25, -0.2) is 0 Å². The van der Waals surface area contributed by atoms with Gasteiger partial charge in [0.1, 0.15) is 17.3 Å². The highest BCUT2D eigenvalue weighted by Crippen LogP contribution is 2.50. The standard InChI is InChI=1S/C31H31F21O6/c1-20(2,3)16(10-13(53)23(32,33)26(38,39)29(44,45)46)56-19(57-17(21(4,5)6)11-14(54)24(34,35)27(40,41)30(47,48)49)58-18(22(7,8)9)12-15(55)25(36,37)28(42,43)31(50,51)52/h10-12,19H,1-9H3/b16-10-,17-11-,18-12-. The molecule has 0 unspecified atom stereocenters. The van der Waals surface area contributed by atoms with E-state index in [4.69, 9.17) is 14.2 Å². The minimum atomic E-state index is -7.15. The van der Waals surface area contributed by atoms with Crippen LogP contribution in [0, 0.1) is 16.2 Å². The van der Waals surface area contributed by atoms with Crippen LogP contribution in [0.3, 0.4) is 0 Å². The number of carbonyl (C=O) groups is 3. The molecule has 0 aliphatic carbocycles. The summed E-state index contributed by atoms with van der Waals surface area (Å²) in [5.74, 6) is -57.0. The van der Waals surface area contributed by atoms with Gasteiger partial charge in [0, 0.05) is 34.5 Å². The Morgan fingerprint density at radius 1 is 0.345 bits per heavy atom. The quantitative estimate of drug-likeness (QED) is 0.0705. The zero-order chi connectivity index (χ0) is 47.3. The number of halogens is 21. The lowest BCUT2D eigenvalue weighted by Gasteiger charge is -2.35. The van der Waals surface area contributed by atoms with E-state index >= 15 is 0 Å². The summed E-state index contributed by atoms with van der Waals surface area (Å²) < 4.78 is 297. The molecule has 58 heavy (non-hydrogen) atoms. The summed E-state index contributed by atoms with van der Waals surface area (Å²) in [6.45, 7) is 3.29. The summed E-state index contributed by atoms with van der Waals surface area (Å²) in [6, 6.07) is 0. The number of hydrogen-bond donors (Lipinski definition) is 0. The van der Waals surface area contributed by atoms with Crippen LogP contribution in [0.25, 0.3) is 0 Å². The zero-order valence-electron chi connectivity index (χ0n) is 30.7. The molecule has 0 N–H and O–H groups in total. The lowest BCUT2D eigenvalue weighted by atomic mass is 9.91. The molecule has 0 saturated carbocycles. The molecule has 0 aromatic carbocycles. The van der Waals surface area contributed by atoms with E-state index in [1.807, 2.05) is 0 Å². The zero-order valence-corrected chi connectivity index (χ0v) is 30.7. The molecule has 0 bridgehead atoms. The summed E-state index contributed by atoms with van der Waals surface area (Å²) in [5, 5.41) is 0. The Labute approximate surface area is 313 Å². The maximum atomic E-state index is 14.3. The van der Waals surface area contributed by atoms with E-state index < -0.39 is 130 Å². The van der Waals surface area contributed by atoms with E-state index in [1.54, 1.807) is 0 Å². The van der Waals surface area contributed by atoms with Gasteiger partial charge >= 0.3 is 60.5 Å². The summed E-state index contributed by atoms with van der Waals surface area (Å²) in [6.07, 6.45) is -23.9. The van der Waals surface area contributed by atoms with Crippen LogP contribution in [0.5, 0.6) is 0 Å². The van der Waals surface area contributed by atoms with Crippen molar-refractivity contribution in [2.45, 2.75) is 123 Å². The molecule has 0 amide bonds. The van der Waals surface area contributed by atoms with Gasteiger partial charge in [-0.1, -0.05) is 62.3 Å². The van der Waals surface area contributed by atoms with E-state index in [0.29, 0.717) is 0 Å². The second kappa shape index (κ2) is 16.0. The number of rotatable bonds is 15. The van der Waals surface area contributed by atoms with Gasteiger partial charge in [-0.2, -0.15) is 92.2 Å². The molecule has 338 valence electrons. The first kappa shape index (κ1) is 54.2. The second-order valence-electron chi connectivity index (χ2n) is 15.0. The van der Waals surface area contributed by atoms with Crippen molar-refractivity contribution in [3.63, 3.8) is 0 Å². The van der Waals surface area contributed by atoms with Crippen LogP contribution in [-0.2, 0) is 28.6 Å². The molecule has 0 aromatic heterocycles. The topological polar surface area (TPSA) is 78.9 Å². The molecule has 6 nitrogen and oxygen atoms in total. The lowest BCUT2D eigenvalue weighted by Crippen LogP contribution is -2.56. The maximum Gasteiger partial charge on any atom is 0.460 e. The molecule has 0 aliphatic heterocycles. The van der Waals surface area contributed by atoms with E-state index in [-0.39, 0.29) is 0 Å². The number of allylic oxidation sites excluding steroid dienone is 6. The fourth-order valence-electron chi connectivity index (χ4n) is 3.29. The predicted octanol–water partition coefficient (Wildman–Crippen LogP) is 11.3. The Balaban J connectivity index is 8.16. The summed E-state index contributed by atoms with van der Waals surface area (Å²) in [4.78, 5) is 36.7. The van der Waals surface area contributed by atoms with E-state index in [1.165, 1.54) is 0 Å². The number of ether oxygens (including phenoxy) is 3. The van der Waals surface area contributed by atoms with Gasteiger partial charge in [0.2, 0.25) is 17.3 Å². The summed E-state index contributed by atoms with van der Waals surface area (Å²) in [7, 11) is 0. The van der Waals surface area contributed by atoms with E-state index in [0.717, 1.165) is 62.3 Å². The largest absolute Gasteiger partial charge is 0.460 e. The van der Waals surface area contributed by atoms with Crippen molar-refractivity contribution in [1.82, 2.24) is 0 Å². The van der Waals surface area contributed by atoms with Crippen LogP contribution in [-0.4, -0.2) is 77.9 Å². The molecule has 27 heteroatoms. The fraction of sp³-hybridized carbons (Fsp3) is 0.710. The Bertz CT molecular complexity index is 1430. The normalized spacial score (nSPS) is 16.1.